The highest BCUT2D eigenvalue weighted by atomic mass is 16.5. The summed E-state index contributed by atoms with van der Waals surface area (Å²) in [7, 11) is 2.13. The zero-order valence-electron chi connectivity index (χ0n) is 11.9. The van der Waals surface area contributed by atoms with Crippen LogP contribution in [0.3, 0.4) is 0 Å². The Kier molecular flexibility index (Phi) is 4.40. The molecule has 0 saturated heterocycles. The molecular weight excluding hydrogens is 226 g/mol. The Balaban J connectivity index is 1.81. The van der Waals surface area contributed by atoms with Crippen molar-refractivity contribution >= 4 is 0 Å². The predicted molar refractivity (Wildman–Crippen MR) is 72.1 cm³/mol. The molecule has 1 aromatic heterocycles. The van der Waals surface area contributed by atoms with Gasteiger partial charge >= 0.3 is 0 Å². The summed E-state index contributed by atoms with van der Waals surface area (Å²) in [5.74, 6) is 1.60. The van der Waals surface area contributed by atoms with E-state index < -0.39 is 0 Å². The van der Waals surface area contributed by atoms with Crippen LogP contribution >= 0.6 is 0 Å². The quantitative estimate of drug-likeness (QED) is 0.808. The highest BCUT2D eigenvalue weighted by Crippen LogP contribution is 2.19. The zero-order chi connectivity index (χ0) is 13.1. The van der Waals surface area contributed by atoms with Crippen molar-refractivity contribution in [2.45, 2.75) is 58.8 Å². The van der Waals surface area contributed by atoms with E-state index in [0.717, 1.165) is 24.5 Å². The van der Waals surface area contributed by atoms with Crippen molar-refractivity contribution in [1.29, 1.82) is 0 Å². The van der Waals surface area contributed by atoms with E-state index in [4.69, 9.17) is 4.52 Å². The van der Waals surface area contributed by atoms with E-state index in [1.807, 2.05) is 0 Å². The van der Waals surface area contributed by atoms with E-state index in [1.165, 1.54) is 12.8 Å². The first-order valence-corrected chi connectivity index (χ1v) is 6.94. The summed E-state index contributed by atoms with van der Waals surface area (Å²) in [6.07, 6.45) is 2.61. The van der Waals surface area contributed by atoms with Crippen LogP contribution in [0.5, 0.6) is 0 Å². The first-order chi connectivity index (χ1) is 8.56. The van der Waals surface area contributed by atoms with Crippen LogP contribution < -0.4 is 5.32 Å². The average Bonchev–Trinajstić information content (AvgIpc) is 3.06. The summed E-state index contributed by atoms with van der Waals surface area (Å²) in [5.41, 5.74) is 1.02. The second kappa shape index (κ2) is 5.85. The number of hydrogen-bond acceptors (Lipinski definition) is 4. The first kappa shape index (κ1) is 13.6. The molecule has 0 amide bonds. The van der Waals surface area contributed by atoms with Crippen molar-refractivity contribution in [1.82, 2.24) is 15.4 Å². The summed E-state index contributed by atoms with van der Waals surface area (Å²) < 4.78 is 5.39. The number of hydrogen-bond donors (Lipinski definition) is 1. The molecule has 1 atom stereocenters. The third kappa shape index (κ3) is 3.82. The Labute approximate surface area is 110 Å². The molecule has 1 unspecified atom stereocenters. The van der Waals surface area contributed by atoms with Crippen LogP contribution in [0.15, 0.2) is 10.6 Å². The maximum atomic E-state index is 5.39. The maximum absolute atomic E-state index is 5.39. The SMILES string of the molecule is CC(C)C(C)N(C)Cc1cc(CNC2CC2)no1. The number of aromatic nitrogens is 1. The molecule has 0 aliphatic heterocycles. The van der Waals surface area contributed by atoms with Crippen LogP contribution in [0, 0.1) is 5.92 Å². The van der Waals surface area contributed by atoms with Crippen molar-refractivity contribution in [2.75, 3.05) is 7.05 Å². The third-order valence-corrected chi connectivity index (χ3v) is 3.82. The fourth-order valence-electron chi connectivity index (χ4n) is 1.95. The smallest absolute Gasteiger partial charge is 0.151 e. The molecule has 18 heavy (non-hydrogen) atoms. The molecule has 1 heterocycles. The highest BCUT2D eigenvalue weighted by Gasteiger charge is 2.21. The molecule has 102 valence electrons. The van der Waals surface area contributed by atoms with E-state index in [0.29, 0.717) is 18.0 Å². The number of nitrogens with one attached hydrogen (secondary N) is 1. The maximum Gasteiger partial charge on any atom is 0.151 e. The molecule has 2 rings (SSSR count). The van der Waals surface area contributed by atoms with Gasteiger partial charge in [0.15, 0.2) is 5.76 Å². The van der Waals surface area contributed by atoms with Gasteiger partial charge in [-0.05, 0) is 32.7 Å². The van der Waals surface area contributed by atoms with Crippen LogP contribution in [-0.2, 0) is 13.1 Å². The van der Waals surface area contributed by atoms with Crippen LogP contribution in [-0.4, -0.2) is 29.2 Å². The molecule has 1 N–H and O–H groups in total. The molecular formula is C14H25N3O. The summed E-state index contributed by atoms with van der Waals surface area (Å²) in [6, 6.07) is 3.33. The van der Waals surface area contributed by atoms with E-state index in [9.17, 15) is 0 Å². The molecule has 1 saturated carbocycles. The van der Waals surface area contributed by atoms with Gasteiger partial charge in [0.1, 0.15) is 0 Å². The Morgan fingerprint density at radius 3 is 2.78 bits per heavy atom. The number of nitrogens with zero attached hydrogens (tertiary/aromatic N) is 2. The summed E-state index contributed by atoms with van der Waals surface area (Å²) in [5, 5.41) is 7.55. The van der Waals surface area contributed by atoms with Gasteiger partial charge in [0, 0.05) is 24.7 Å². The fraction of sp³-hybridized carbons (Fsp3) is 0.786. The van der Waals surface area contributed by atoms with Crippen molar-refractivity contribution in [3.63, 3.8) is 0 Å². The van der Waals surface area contributed by atoms with Gasteiger partial charge in [0.25, 0.3) is 0 Å². The molecule has 1 aliphatic carbocycles. The molecule has 0 aromatic carbocycles. The lowest BCUT2D eigenvalue weighted by Gasteiger charge is -2.26. The summed E-state index contributed by atoms with van der Waals surface area (Å²) in [6.45, 7) is 8.39. The van der Waals surface area contributed by atoms with E-state index in [1.54, 1.807) is 0 Å². The molecule has 4 heteroatoms. The molecule has 1 aromatic rings. The monoisotopic (exact) mass is 251 g/mol. The normalized spacial score (nSPS) is 17.7. The molecule has 1 aliphatic rings. The van der Waals surface area contributed by atoms with Crippen molar-refractivity contribution in [3.05, 3.63) is 17.5 Å². The minimum Gasteiger partial charge on any atom is -0.360 e. The molecule has 4 nitrogen and oxygen atoms in total. The first-order valence-electron chi connectivity index (χ1n) is 6.94. The second-order valence-corrected chi connectivity index (χ2v) is 5.84. The van der Waals surface area contributed by atoms with Gasteiger partial charge in [0.05, 0.1) is 12.2 Å². The summed E-state index contributed by atoms with van der Waals surface area (Å²) >= 11 is 0. The number of rotatable bonds is 7. The minimum atomic E-state index is 0.545. The lowest BCUT2D eigenvalue weighted by molar-refractivity contribution is 0.180. The molecule has 0 bridgehead atoms. The largest absolute Gasteiger partial charge is 0.360 e. The summed E-state index contributed by atoms with van der Waals surface area (Å²) in [4.78, 5) is 2.31. The van der Waals surface area contributed by atoms with E-state index >= 15 is 0 Å². The van der Waals surface area contributed by atoms with Crippen molar-refractivity contribution in [3.8, 4) is 0 Å². The Hall–Kier alpha value is -0.870. The second-order valence-electron chi connectivity index (χ2n) is 5.84. The Bertz CT molecular complexity index is 371. The van der Waals surface area contributed by atoms with Crippen molar-refractivity contribution in [2.24, 2.45) is 5.92 Å². The van der Waals surface area contributed by atoms with Gasteiger partial charge in [-0.1, -0.05) is 19.0 Å². The van der Waals surface area contributed by atoms with E-state index in [-0.39, 0.29) is 0 Å². The van der Waals surface area contributed by atoms with Gasteiger partial charge in [-0.3, -0.25) is 4.90 Å². The van der Waals surface area contributed by atoms with Gasteiger partial charge in [0.2, 0.25) is 0 Å². The van der Waals surface area contributed by atoms with Crippen LogP contribution in [0.25, 0.3) is 0 Å². The van der Waals surface area contributed by atoms with Gasteiger partial charge in [-0.15, -0.1) is 0 Å². The molecule has 0 radical (unpaired) electrons. The predicted octanol–water partition coefficient (Wildman–Crippen LogP) is 2.40. The van der Waals surface area contributed by atoms with Crippen LogP contribution in [0.2, 0.25) is 0 Å². The Morgan fingerprint density at radius 1 is 1.44 bits per heavy atom. The minimum absolute atomic E-state index is 0.545. The zero-order valence-corrected chi connectivity index (χ0v) is 11.9. The van der Waals surface area contributed by atoms with Crippen LogP contribution in [0.1, 0.15) is 45.1 Å². The third-order valence-electron chi connectivity index (χ3n) is 3.82. The molecule has 0 spiro atoms. The van der Waals surface area contributed by atoms with Crippen molar-refractivity contribution < 1.29 is 4.52 Å². The van der Waals surface area contributed by atoms with Gasteiger partial charge < -0.3 is 9.84 Å². The van der Waals surface area contributed by atoms with Gasteiger partial charge in [-0.25, -0.2) is 0 Å². The average molecular weight is 251 g/mol. The highest BCUT2D eigenvalue weighted by molar-refractivity contribution is 5.05. The molecule has 1 fully saturated rings. The van der Waals surface area contributed by atoms with Crippen LogP contribution in [0.4, 0.5) is 0 Å². The van der Waals surface area contributed by atoms with E-state index in [2.05, 4.69) is 49.3 Å². The standard InChI is InChI=1S/C14H25N3O/c1-10(2)11(3)17(4)9-14-7-13(16-18-14)8-15-12-5-6-12/h7,10-12,15H,5-6,8-9H2,1-4H3. The fourth-order valence-corrected chi connectivity index (χ4v) is 1.95. The lowest BCUT2D eigenvalue weighted by atomic mass is 10.1. The lowest BCUT2D eigenvalue weighted by Crippen LogP contribution is -2.32. The van der Waals surface area contributed by atoms with Gasteiger partial charge in [-0.2, -0.15) is 0 Å². The topological polar surface area (TPSA) is 41.3 Å². The Morgan fingerprint density at radius 2 is 2.17 bits per heavy atom.